The lowest BCUT2D eigenvalue weighted by Crippen LogP contribution is -2.41. The van der Waals surface area contributed by atoms with E-state index < -0.39 is 11.8 Å². The molecule has 1 atom stereocenters. The van der Waals surface area contributed by atoms with Gasteiger partial charge in [-0.2, -0.15) is 0 Å². The highest BCUT2D eigenvalue weighted by atomic mass is 16.2. The number of anilines is 1. The van der Waals surface area contributed by atoms with Crippen LogP contribution in [-0.4, -0.2) is 40.9 Å². The Kier molecular flexibility index (Phi) is 5.73. The minimum atomic E-state index is -0.636. The van der Waals surface area contributed by atoms with E-state index in [1.807, 2.05) is 44.4 Å². The number of carbonyl (C=O) groups is 2. The number of aromatic nitrogens is 1. The van der Waals surface area contributed by atoms with Gasteiger partial charge >= 0.3 is 11.8 Å². The van der Waals surface area contributed by atoms with Gasteiger partial charge in [-0.05, 0) is 62.7 Å². The Balaban J connectivity index is 1.62. The molecule has 1 saturated heterocycles. The Morgan fingerprint density at radius 2 is 1.88 bits per heavy atom. The Labute approximate surface area is 154 Å². The van der Waals surface area contributed by atoms with Crippen LogP contribution in [-0.2, 0) is 16.6 Å². The molecule has 1 fully saturated rings. The number of nitrogens with zero attached hydrogens (tertiary/aromatic N) is 2. The molecular weight excluding hydrogens is 328 g/mol. The second-order valence-corrected chi connectivity index (χ2v) is 6.84. The first-order valence-electron chi connectivity index (χ1n) is 9.06. The molecule has 1 aromatic heterocycles. The third-order valence-corrected chi connectivity index (χ3v) is 4.84. The van der Waals surface area contributed by atoms with Crippen LogP contribution in [0.25, 0.3) is 0 Å². The van der Waals surface area contributed by atoms with Crippen molar-refractivity contribution in [2.24, 2.45) is 7.05 Å². The van der Waals surface area contributed by atoms with Gasteiger partial charge in [-0.1, -0.05) is 12.1 Å². The molecule has 1 aliphatic heterocycles. The minimum Gasteiger partial charge on any atom is -0.353 e. The zero-order chi connectivity index (χ0) is 18.5. The van der Waals surface area contributed by atoms with E-state index in [-0.39, 0.29) is 6.04 Å². The zero-order valence-electron chi connectivity index (χ0n) is 15.4. The maximum Gasteiger partial charge on any atom is 0.313 e. The van der Waals surface area contributed by atoms with Gasteiger partial charge in [0.2, 0.25) is 0 Å². The summed E-state index contributed by atoms with van der Waals surface area (Å²) in [6, 6.07) is 11.6. The van der Waals surface area contributed by atoms with E-state index in [1.54, 1.807) is 6.07 Å². The molecule has 2 heterocycles. The monoisotopic (exact) mass is 354 g/mol. The first-order valence-corrected chi connectivity index (χ1v) is 9.06. The summed E-state index contributed by atoms with van der Waals surface area (Å²) >= 11 is 0. The molecule has 0 saturated carbocycles. The molecule has 2 N–H and O–H groups in total. The SMILES string of the molecule is Cc1cccc(NC(=O)C(=O)NCC(c2cccn2C)N2CCCC2)c1. The van der Waals surface area contributed by atoms with Crippen molar-refractivity contribution in [3.63, 3.8) is 0 Å². The van der Waals surface area contributed by atoms with Crippen molar-refractivity contribution in [1.29, 1.82) is 0 Å². The number of amides is 2. The molecule has 26 heavy (non-hydrogen) atoms. The van der Waals surface area contributed by atoms with Crippen LogP contribution in [0.4, 0.5) is 5.69 Å². The van der Waals surface area contributed by atoms with E-state index in [4.69, 9.17) is 0 Å². The van der Waals surface area contributed by atoms with Crippen LogP contribution in [0.2, 0.25) is 0 Å². The van der Waals surface area contributed by atoms with E-state index in [1.165, 1.54) is 12.8 Å². The van der Waals surface area contributed by atoms with Gasteiger partial charge < -0.3 is 15.2 Å². The molecule has 1 aromatic carbocycles. The molecule has 1 unspecified atom stereocenters. The molecule has 0 spiro atoms. The van der Waals surface area contributed by atoms with E-state index in [9.17, 15) is 9.59 Å². The highest BCUT2D eigenvalue weighted by molar-refractivity contribution is 6.39. The van der Waals surface area contributed by atoms with Gasteiger partial charge in [0.15, 0.2) is 0 Å². The number of likely N-dealkylation sites (tertiary alicyclic amines) is 1. The van der Waals surface area contributed by atoms with Gasteiger partial charge in [0.25, 0.3) is 0 Å². The van der Waals surface area contributed by atoms with Crippen molar-refractivity contribution in [3.05, 3.63) is 53.9 Å². The quantitative estimate of drug-likeness (QED) is 0.809. The molecule has 1 aliphatic rings. The van der Waals surface area contributed by atoms with Crippen molar-refractivity contribution in [3.8, 4) is 0 Å². The van der Waals surface area contributed by atoms with Gasteiger partial charge in [-0.3, -0.25) is 14.5 Å². The molecule has 0 bridgehead atoms. The Morgan fingerprint density at radius 1 is 1.12 bits per heavy atom. The normalized spacial score (nSPS) is 15.6. The van der Waals surface area contributed by atoms with Gasteiger partial charge in [0, 0.05) is 31.2 Å². The lowest BCUT2D eigenvalue weighted by atomic mass is 10.1. The Hall–Kier alpha value is -2.60. The number of aryl methyl sites for hydroxylation is 2. The molecule has 3 rings (SSSR count). The van der Waals surface area contributed by atoms with E-state index in [0.29, 0.717) is 12.2 Å². The number of benzene rings is 1. The lowest BCUT2D eigenvalue weighted by molar-refractivity contribution is -0.136. The third-order valence-electron chi connectivity index (χ3n) is 4.84. The average Bonchev–Trinajstić information content (AvgIpc) is 3.28. The molecule has 6 nitrogen and oxygen atoms in total. The number of carbonyl (C=O) groups excluding carboxylic acids is 2. The zero-order valence-corrected chi connectivity index (χ0v) is 15.4. The number of rotatable bonds is 5. The van der Waals surface area contributed by atoms with Crippen LogP contribution < -0.4 is 10.6 Å². The molecular formula is C20H26N4O2. The molecule has 2 aromatic rings. The molecule has 138 valence electrons. The fourth-order valence-electron chi connectivity index (χ4n) is 3.47. The highest BCUT2D eigenvalue weighted by Gasteiger charge is 2.26. The standard InChI is InChI=1S/C20H26N4O2/c1-15-7-5-8-16(13-15)22-20(26)19(25)21-14-18(24-11-3-4-12-24)17-9-6-10-23(17)2/h5-10,13,18H,3-4,11-12,14H2,1-2H3,(H,21,25)(H,22,26). The smallest absolute Gasteiger partial charge is 0.313 e. The predicted octanol–water partition coefficient (Wildman–Crippen LogP) is 2.23. The summed E-state index contributed by atoms with van der Waals surface area (Å²) in [4.78, 5) is 26.8. The summed E-state index contributed by atoms with van der Waals surface area (Å²) < 4.78 is 2.07. The van der Waals surface area contributed by atoms with Crippen molar-refractivity contribution in [2.75, 3.05) is 25.0 Å². The summed E-state index contributed by atoms with van der Waals surface area (Å²) in [7, 11) is 2.00. The highest BCUT2D eigenvalue weighted by Crippen LogP contribution is 2.24. The number of hydrogen-bond acceptors (Lipinski definition) is 3. The summed E-state index contributed by atoms with van der Waals surface area (Å²) in [5.74, 6) is -1.24. The van der Waals surface area contributed by atoms with Crippen molar-refractivity contribution in [1.82, 2.24) is 14.8 Å². The first kappa shape index (κ1) is 18.2. The fourth-order valence-corrected chi connectivity index (χ4v) is 3.47. The molecule has 0 radical (unpaired) electrons. The largest absolute Gasteiger partial charge is 0.353 e. The maximum absolute atomic E-state index is 12.3. The summed E-state index contributed by atoms with van der Waals surface area (Å²) in [5, 5.41) is 5.46. The minimum absolute atomic E-state index is 0.0771. The summed E-state index contributed by atoms with van der Waals surface area (Å²) in [6.07, 6.45) is 4.34. The van der Waals surface area contributed by atoms with Gasteiger partial charge in [-0.15, -0.1) is 0 Å². The second-order valence-electron chi connectivity index (χ2n) is 6.84. The Bertz CT molecular complexity index is 778. The van der Waals surface area contributed by atoms with Crippen LogP contribution in [0.15, 0.2) is 42.6 Å². The third kappa shape index (κ3) is 4.32. The van der Waals surface area contributed by atoms with E-state index in [0.717, 1.165) is 24.3 Å². The molecule has 6 heteroatoms. The van der Waals surface area contributed by atoms with Crippen molar-refractivity contribution >= 4 is 17.5 Å². The summed E-state index contributed by atoms with van der Waals surface area (Å²) in [6.45, 7) is 4.39. The summed E-state index contributed by atoms with van der Waals surface area (Å²) in [5.41, 5.74) is 2.80. The molecule has 2 amide bonds. The van der Waals surface area contributed by atoms with E-state index >= 15 is 0 Å². The van der Waals surface area contributed by atoms with Crippen LogP contribution >= 0.6 is 0 Å². The number of nitrogens with one attached hydrogen (secondary N) is 2. The molecule has 0 aliphatic carbocycles. The van der Waals surface area contributed by atoms with Crippen LogP contribution in [0, 0.1) is 6.92 Å². The number of hydrogen-bond donors (Lipinski definition) is 2. The topological polar surface area (TPSA) is 66.4 Å². The fraction of sp³-hybridized carbons (Fsp3) is 0.400. The average molecular weight is 354 g/mol. The Morgan fingerprint density at radius 3 is 2.54 bits per heavy atom. The maximum atomic E-state index is 12.3. The van der Waals surface area contributed by atoms with E-state index in [2.05, 4.69) is 26.2 Å². The van der Waals surface area contributed by atoms with Crippen LogP contribution in [0.5, 0.6) is 0 Å². The van der Waals surface area contributed by atoms with Crippen LogP contribution in [0.1, 0.15) is 30.1 Å². The second kappa shape index (κ2) is 8.19. The van der Waals surface area contributed by atoms with Gasteiger partial charge in [0.05, 0.1) is 6.04 Å². The van der Waals surface area contributed by atoms with Crippen molar-refractivity contribution in [2.45, 2.75) is 25.8 Å². The lowest BCUT2D eigenvalue weighted by Gasteiger charge is -2.28. The van der Waals surface area contributed by atoms with Crippen molar-refractivity contribution < 1.29 is 9.59 Å². The van der Waals surface area contributed by atoms with Gasteiger partial charge in [-0.25, -0.2) is 0 Å². The predicted molar refractivity (Wildman–Crippen MR) is 102 cm³/mol. The van der Waals surface area contributed by atoms with Crippen LogP contribution in [0.3, 0.4) is 0 Å². The first-order chi connectivity index (χ1) is 12.5. The van der Waals surface area contributed by atoms with Gasteiger partial charge in [0.1, 0.15) is 0 Å².